The lowest BCUT2D eigenvalue weighted by molar-refractivity contribution is -0.137. The number of thioether (sulfide) groups is 1. The summed E-state index contributed by atoms with van der Waals surface area (Å²) in [5, 5.41) is 12.2. The topological polar surface area (TPSA) is 82.1 Å². The van der Waals surface area contributed by atoms with Crippen molar-refractivity contribution in [1.29, 1.82) is 0 Å². The number of amides is 2. The summed E-state index contributed by atoms with van der Waals surface area (Å²) < 4.78 is 44.0. The molecule has 0 saturated carbocycles. The van der Waals surface area contributed by atoms with E-state index in [0.717, 1.165) is 24.4 Å². The molecule has 4 aromatic rings. The predicted molar refractivity (Wildman–Crippen MR) is 202 cm³/mol. The third-order valence-corrected chi connectivity index (χ3v) is 9.74. The average Bonchev–Trinajstić information content (AvgIpc) is 3.09. The van der Waals surface area contributed by atoms with E-state index in [1.807, 2.05) is 18.7 Å². The fraction of sp³-hybridized carbons (Fsp3) is 0.366. The Morgan fingerprint density at radius 1 is 1.00 bits per heavy atom. The van der Waals surface area contributed by atoms with Gasteiger partial charge in [-0.25, -0.2) is 0 Å². The second-order valence-electron chi connectivity index (χ2n) is 13.6. The number of ether oxygens (including phenoxy) is 1. The van der Waals surface area contributed by atoms with Crippen LogP contribution in [0.1, 0.15) is 57.6 Å². The second-order valence-corrected chi connectivity index (χ2v) is 14.6. The molecule has 0 aromatic heterocycles. The van der Waals surface area contributed by atoms with Crippen LogP contribution in [-0.2, 0) is 29.7 Å². The Bertz CT molecular complexity index is 1800. The van der Waals surface area contributed by atoms with Gasteiger partial charge in [0.1, 0.15) is 0 Å². The van der Waals surface area contributed by atoms with E-state index in [0.29, 0.717) is 24.4 Å². The van der Waals surface area contributed by atoms with Crippen LogP contribution < -0.4 is 10.1 Å². The van der Waals surface area contributed by atoms with E-state index in [9.17, 15) is 27.9 Å². The number of hydrogen-bond donors (Lipinski definition) is 2. The molecule has 1 aliphatic rings. The summed E-state index contributed by atoms with van der Waals surface area (Å²) >= 11 is 1.92. The van der Waals surface area contributed by atoms with Crippen LogP contribution >= 0.6 is 11.8 Å². The van der Waals surface area contributed by atoms with Gasteiger partial charge in [-0.1, -0.05) is 67.1 Å². The molecule has 1 aliphatic heterocycles. The number of alkyl halides is 3. The van der Waals surface area contributed by atoms with Gasteiger partial charge in [-0.3, -0.25) is 9.59 Å². The second kappa shape index (κ2) is 18.4. The van der Waals surface area contributed by atoms with Crippen LogP contribution in [0.4, 0.5) is 18.9 Å². The van der Waals surface area contributed by atoms with E-state index in [1.165, 1.54) is 39.3 Å². The Morgan fingerprint density at radius 2 is 1.65 bits per heavy atom. The number of nitrogens with one attached hydrogen (secondary N) is 1. The Balaban J connectivity index is 0.000000259. The molecule has 0 fully saturated rings. The highest BCUT2D eigenvalue weighted by Gasteiger charge is 2.31. The lowest BCUT2D eigenvalue weighted by Crippen LogP contribution is -2.45. The summed E-state index contributed by atoms with van der Waals surface area (Å²) in [6.45, 7) is 9.55. The van der Waals surface area contributed by atoms with Gasteiger partial charge in [-0.2, -0.15) is 13.2 Å². The minimum Gasteiger partial charge on any atom is -0.490 e. The molecule has 0 radical (unpaired) electrons. The monoisotopic (exact) mass is 735 g/mol. The summed E-state index contributed by atoms with van der Waals surface area (Å²) in [6, 6.07) is 24.4. The van der Waals surface area contributed by atoms with Crippen LogP contribution in [0.25, 0.3) is 0 Å². The molecule has 0 unspecified atom stereocenters. The molecular formula is C41H48F3N3O4S. The molecular weight excluding hydrogens is 688 g/mol. The maximum absolute atomic E-state index is 13.1. The molecule has 1 heterocycles. The van der Waals surface area contributed by atoms with Crippen LogP contribution in [0.3, 0.4) is 0 Å². The quantitative estimate of drug-likeness (QED) is 0.159. The van der Waals surface area contributed by atoms with Crippen molar-refractivity contribution in [2.45, 2.75) is 63.5 Å². The molecule has 5 rings (SSSR count). The zero-order chi connectivity index (χ0) is 38.0. The number of halogens is 3. The number of nitrogens with zero attached hydrogens (tertiary/aromatic N) is 2. The fourth-order valence-electron chi connectivity index (χ4n) is 5.71. The molecule has 11 heteroatoms. The highest BCUT2D eigenvalue weighted by Crippen LogP contribution is 2.33. The number of aliphatic hydroxyl groups is 1. The number of para-hydroxylation sites is 1. The normalized spacial score (nSPS) is 15.1. The van der Waals surface area contributed by atoms with Crippen LogP contribution in [0.15, 0.2) is 89.8 Å². The third-order valence-electron chi connectivity index (χ3n) is 8.49. The summed E-state index contributed by atoms with van der Waals surface area (Å²) in [4.78, 5) is 30.8. The number of carbonyl (C=O) groups is 2. The van der Waals surface area contributed by atoms with E-state index < -0.39 is 17.6 Å². The van der Waals surface area contributed by atoms with Crippen molar-refractivity contribution in [2.75, 3.05) is 39.2 Å². The first-order chi connectivity index (χ1) is 24.6. The smallest absolute Gasteiger partial charge is 0.416 e. The maximum Gasteiger partial charge on any atom is 0.416 e. The summed E-state index contributed by atoms with van der Waals surface area (Å²) in [7, 11) is 4.20. The van der Waals surface area contributed by atoms with Crippen molar-refractivity contribution >= 4 is 29.3 Å². The van der Waals surface area contributed by atoms with Crippen LogP contribution in [0.5, 0.6) is 5.75 Å². The van der Waals surface area contributed by atoms with Crippen molar-refractivity contribution < 1.29 is 32.6 Å². The number of benzene rings is 4. The lowest BCUT2D eigenvalue weighted by Gasteiger charge is -2.33. The highest BCUT2D eigenvalue weighted by molar-refractivity contribution is 7.98. The maximum atomic E-state index is 13.1. The van der Waals surface area contributed by atoms with E-state index in [2.05, 4.69) is 80.6 Å². The molecule has 7 nitrogen and oxygen atoms in total. The van der Waals surface area contributed by atoms with E-state index in [4.69, 9.17) is 4.74 Å². The number of fused-ring (bicyclic) bond motifs is 1. The van der Waals surface area contributed by atoms with Crippen molar-refractivity contribution in [1.82, 2.24) is 9.80 Å². The van der Waals surface area contributed by atoms with Gasteiger partial charge < -0.3 is 25.0 Å². The molecule has 4 aromatic carbocycles. The largest absolute Gasteiger partial charge is 0.490 e. The first-order valence-electron chi connectivity index (χ1n) is 17.2. The number of aliphatic hydroxyl groups excluding tert-OH is 1. The molecule has 2 atom stereocenters. The van der Waals surface area contributed by atoms with Crippen LogP contribution in [-0.4, -0.2) is 66.6 Å². The van der Waals surface area contributed by atoms with E-state index in [1.54, 1.807) is 30.0 Å². The predicted octanol–water partition coefficient (Wildman–Crippen LogP) is 8.40. The SMILES string of the molecule is C[C@H]1COc2c(NC(=O)Cc3ccc(C(F)(F)F)cc3)cccc2C(=O)N([C@@H](C)CO)C1.Cc1ccc(SCc2ccc(CN(C)C)cc2)c(C)c1. The van der Waals surface area contributed by atoms with Crippen molar-refractivity contribution in [3.05, 3.63) is 124 Å². The van der Waals surface area contributed by atoms with Gasteiger partial charge in [0.15, 0.2) is 5.75 Å². The number of rotatable bonds is 10. The molecule has 52 heavy (non-hydrogen) atoms. The average molecular weight is 736 g/mol. The van der Waals surface area contributed by atoms with Crippen molar-refractivity contribution in [2.24, 2.45) is 5.92 Å². The molecule has 0 aliphatic carbocycles. The van der Waals surface area contributed by atoms with Gasteiger partial charge in [-0.05, 0) is 87.5 Å². The molecule has 2 amide bonds. The number of carbonyl (C=O) groups excluding carboxylic acids is 2. The zero-order valence-corrected chi connectivity index (χ0v) is 31.4. The van der Waals surface area contributed by atoms with Gasteiger partial charge in [0, 0.05) is 29.7 Å². The van der Waals surface area contributed by atoms with Gasteiger partial charge in [-0.15, -0.1) is 11.8 Å². The zero-order valence-electron chi connectivity index (χ0n) is 30.6. The van der Waals surface area contributed by atoms with Crippen molar-refractivity contribution in [3.8, 4) is 5.75 Å². The Hall–Kier alpha value is -4.32. The summed E-state index contributed by atoms with van der Waals surface area (Å²) in [6.07, 6.45) is -4.58. The third kappa shape index (κ3) is 11.6. The molecule has 278 valence electrons. The van der Waals surface area contributed by atoms with Crippen LogP contribution in [0.2, 0.25) is 0 Å². The number of aryl methyl sites for hydroxylation is 2. The first-order valence-corrected chi connectivity index (χ1v) is 18.2. The number of anilines is 1. The molecule has 0 bridgehead atoms. The standard InChI is InChI=1S/C23H25F3N2O4.C18H23NS/c1-14-11-28(15(2)12-29)22(31)18-4-3-5-19(21(18)32-13-14)27-20(30)10-16-6-8-17(9-7-16)23(24,25)26;1-14-5-10-18(15(2)11-14)20-13-17-8-6-16(7-9-17)12-19(3)4/h3-9,14-15,29H,10-13H2,1-2H3,(H,27,30);5-11H,12-13H2,1-4H3/t14-,15+;/m1./s1. The highest BCUT2D eigenvalue weighted by atomic mass is 32.2. The number of hydrogen-bond acceptors (Lipinski definition) is 6. The summed E-state index contributed by atoms with van der Waals surface area (Å²) in [5.41, 5.74) is 5.67. The van der Waals surface area contributed by atoms with Gasteiger partial charge in [0.05, 0.1) is 42.5 Å². The first kappa shape index (κ1) is 40.5. The van der Waals surface area contributed by atoms with Crippen LogP contribution in [0, 0.1) is 19.8 Å². The summed E-state index contributed by atoms with van der Waals surface area (Å²) in [5.74, 6) is 0.500. The van der Waals surface area contributed by atoms with Crippen molar-refractivity contribution in [3.63, 3.8) is 0 Å². The minimum atomic E-state index is -4.44. The van der Waals surface area contributed by atoms with E-state index in [-0.39, 0.29) is 42.2 Å². The van der Waals surface area contributed by atoms with Gasteiger partial charge in [0.2, 0.25) is 5.91 Å². The lowest BCUT2D eigenvalue weighted by atomic mass is 10.0. The molecule has 0 spiro atoms. The minimum absolute atomic E-state index is 0.00277. The molecule has 0 saturated heterocycles. The molecule has 2 N–H and O–H groups in total. The van der Waals surface area contributed by atoms with Gasteiger partial charge >= 0.3 is 6.18 Å². The Kier molecular flexibility index (Phi) is 14.3. The van der Waals surface area contributed by atoms with Gasteiger partial charge in [0.25, 0.3) is 5.91 Å². The Morgan fingerprint density at radius 3 is 2.27 bits per heavy atom. The van der Waals surface area contributed by atoms with E-state index >= 15 is 0 Å². The Labute approximate surface area is 309 Å². The fourth-order valence-corrected chi connectivity index (χ4v) is 6.68.